The van der Waals surface area contributed by atoms with Crippen molar-refractivity contribution in [1.82, 2.24) is 20.6 Å². The highest BCUT2D eigenvalue weighted by molar-refractivity contribution is 7.10. The lowest BCUT2D eigenvalue weighted by Crippen LogP contribution is -2.41. The molecule has 0 bridgehead atoms. The smallest absolute Gasteiger partial charge is 0.315 e. The van der Waals surface area contributed by atoms with Crippen LogP contribution in [0.1, 0.15) is 36.6 Å². The van der Waals surface area contributed by atoms with E-state index in [1.54, 1.807) is 29.9 Å². The molecule has 2 aromatic heterocycles. The van der Waals surface area contributed by atoms with Crippen molar-refractivity contribution in [1.29, 1.82) is 0 Å². The van der Waals surface area contributed by atoms with Crippen molar-refractivity contribution in [3.8, 4) is 0 Å². The maximum Gasteiger partial charge on any atom is 0.315 e. The van der Waals surface area contributed by atoms with E-state index >= 15 is 0 Å². The molecule has 1 aliphatic rings. The van der Waals surface area contributed by atoms with Gasteiger partial charge in [0, 0.05) is 30.4 Å². The molecule has 24 heavy (non-hydrogen) atoms. The number of anilines is 1. The average molecular weight is 345 g/mol. The minimum atomic E-state index is -0.110. The second-order valence-corrected chi connectivity index (χ2v) is 6.93. The summed E-state index contributed by atoms with van der Waals surface area (Å²) in [4.78, 5) is 21.6. The van der Waals surface area contributed by atoms with Gasteiger partial charge in [0.05, 0.1) is 12.2 Å². The number of aromatic nitrogens is 2. The highest BCUT2D eigenvalue weighted by atomic mass is 32.1. The SMILES string of the molecule is O=C(NCCNc1cnccn1)NC(c1cccs1)C1CCCC1. The Balaban J connectivity index is 1.45. The van der Waals surface area contributed by atoms with Gasteiger partial charge in [0.1, 0.15) is 5.82 Å². The molecule has 0 spiro atoms. The van der Waals surface area contributed by atoms with Gasteiger partial charge in [-0.15, -0.1) is 11.3 Å². The standard InChI is InChI=1S/C17H23N5OS/c23-17(21-10-9-20-15-12-18-7-8-19-15)22-16(13-4-1-2-5-13)14-6-3-11-24-14/h3,6-8,11-13,16H,1-2,4-5,9-10H2,(H,19,20)(H2,21,22,23). The van der Waals surface area contributed by atoms with Crippen molar-refractivity contribution in [2.75, 3.05) is 18.4 Å². The number of amides is 2. The zero-order valence-corrected chi connectivity index (χ0v) is 14.4. The highest BCUT2D eigenvalue weighted by Crippen LogP contribution is 2.37. The first-order valence-electron chi connectivity index (χ1n) is 8.40. The van der Waals surface area contributed by atoms with Gasteiger partial charge < -0.3 is 16.0 Å². The molecule has 0 radical (unpaired) electrons. The first-order valence-corrected chi connectivity index (χ1v) is 9.28. The van der Waals surface area contributed by atoms with Crippen LogP contribution in [-0.4, -0.2) is 29.1 Å². The lowest BCUT2D eigenvalue weighted by Gasteiger charge is -2.24. The van der Waals surface area contributed by atoms with Crippen molar-refractivity contribution >= 4 is 23.2 Å². The van der Waals surface area contributed by atoms with Crippen LogP contribution in [0.5, 0.6) is 0 Å². The molecule has 1 unspecified atom stereocenters. The van der Waals surface area contributed by atoms with E-state index in [-0.39, 0.29) is 12.1 Å². The Morgan fingerprint density at radius 2 is 2.17 bits per heavy atom. The average Bonchev–Trinajstić information content (AvgIpc) is 3.31. The van der Waals surface area contributed by atoms with E-state index in [1.165, 1.54) is 30.6 Å². The molecule has 3 rings (SSSR count). The summed E-state index contributed by atoms with van der Waals surface area (Å²) in [7, 11) is 0. The summed E-state index contributed by atoms with van der Waals surface area (Å²) in [5, 5.41) is 11.3. The number of hydrogen-bond acceptors (Lipinski definition) is 5. The lowest BCUT2D eigenvalue weighted by molar-refractivity contribution is 0.232. The lowest BCUT2D eigenvalue weighted by atomic mass is 9.97. The van der Waals surface area contributed by atoms with Crippen molar-refractivity contribution < 1.29 is 4.79 Å². The van der Waals surface area contributed by atoms with E-state index < -0.39 is 0 Å². The molecule has 1 fully saturated rings. The third kappa shape index (κ3) is 4.67. The fourth-order valence-electron chi connectivity index (χ4n) is 3.13. The Bertz CT molecular complexity index is 613. The molecule has 7 heteroatoms. The summed E-state index contributed by atoms with van der Waals surface area (Å²) in [6, 6.07) is 4.18. The predicted molar refractivity (Wildman–Crippen MR) is 96.1 cm³/mol. The molecule has 2 heterocycles. The summed E-state index contributed by atoms with van der Waals surface area (Å²) in [5.74, 6) is 1.26. The molecular weight excluding hydrogens is 322 g/mol. The minimum Gasteiger partial charge on any atom is -0.367 e. The maximum atomic E-state index is 12.2. The maximum absolute atomic E-state index is 12.2. The normalized spacial score (nSPS) is 15.8. The van der Waals surface area contributed by atoms with Gasteiger partial charge in [0.25, 0.3) is 0 Å². The van der Waals surface area contributed by atoms with Gasteiger partial charge in [-0.1, -0.05) is 18.9 Å². The summed E-state index contributed by atoms with van der Waals surface area (Å²) >= 11 is 1.72. The molecule has 3 N–H and O–H groups in total. The molecule has 2 amide bonds. The van der Waals surface area contributed by atoms with Crippen LogP contribution in [0.3, 0.4) is 0 Å². The van der Waals surface area contributed by atoms with E-state index in [4.69, 9.17) is 0 Å². The molecule has 0 saturated heterocycles. The van der Waals surface area contributed by atoms with E-state index in [9.17, 15) is 4.79 Å². The van der Waals surface area contributed by atoms with Crippen molar-refractivity contribution in [3.63, 3.8) is 0 Å². The monoisotopic (exact) mass is 345 g/mol. The van der Waals surface area contributed by atoms with Crippen LogP contribution in [0.15, 0.2) is 36.1 Å². The van der Waals surface area contributed by atoms with Crippen LogP contribution in [0.2, 0.25) is 0 Å². The molecule has 1 saturated carbocycles. The zero-order chi connectivity index (χ0) is 16.6. The summed E-state index contributed by atoms with van der Waals surface area (Å²) < 4.78 is 0. The second kappa shape index (κ2) is 8.63. The van der Waals surface area contributed by atoms with Crippen LogP contribution < -0.4 is 16.0 Å². The first-order chi connectivity index (χ1) is 11.8. The van der Waals surface area contributed by atoms with Gasteiger partial charge >= 0.3 is 6.03 Å². The number of rotatable bonds is 7. The molecule has 1 aliphatic carbocycles. The number of carbonyl (C=O) groups is 1. The number of nitrogens with zero attached hydrogens (tertiary/aromatic N) is 2. The van der Waals surface area contributed by atoms with E-state index in [1.807, 2.05) is 6.07 Å². The van der Waals surface area contributed by atoms with Gasteiger partial charge in [-0.2, -0.15) is 0 Å². The third-order valence-corrected chi connectivity index (χ3v) is 5.24. The summed E-state index contributed by atoms with van der Waals surface area (Å²) in [5.41, 5.74) is 0. The van der Waals surface area contributed by atoms with Gasteiger partial charge in [-0.3, -0.25) is 4.98 Å². The van der Waals surface area contributed by atoms with Crippen LogP contribution in [0, 0.1) is 5.92 Å². The van der Waals surface area contributed by atoms with E-state index in [2.05, 4.69) is 37.4 Å². The Morgan fingerprint density at radius 1 is 1.29 bits per heavy atom. The van der Waals surface area contributed by atoms with E-state index in [0.29, 0.717) is 24.8 Å². The molecule has 0 aromatic carbocycles. The topological polar surface area (TPSA) is 78.9 Å². The van der Waals surface area contributed by atoms with Crippen molar-refractivity contribution in [3.05, 3.63) is 41.0 Å². The van der Waals surface area contributed by atoms with Gasteiger partial charge in [0.2, 0.25) is 0 Å². The summed E-state index contributed by atoms with van der Waals surface area (Å²) in [6.07, 6.45) is 9.83. The Morgan fingerprint density at radius 3 is 2.88 bits per heavy atom. The molecular formula is C17H23N5OS. The number of urea groups is 1. The molecule has 1 atom stereocenters. The predicted octanol–water partition coefficient (Wildman–Crippen LogP) is 3.18. The minimum absolute atomic E-state index is 0.110. The Hall–Kier alpha value is -2.15. The van der Waals surface area contributed by atoms with Gasteiger partial charge in [-0.25, -0.2) is 9.78 Å². The number of thiophene rings is 1. The van der Waals surface area contributed by atoms with Crippen LogP contribution in [0.4, 0.5) is 10.6 Å². The summed E-state index contributed by atoms with van der Waals surface area (Å²) in [6.45, 7) is 1.14. The Labute approximate surface area is 146 Å². The van der Waals surface area contributed by atoms with Crippen LogP contribution in [0.25, 0.3) is 0 Å². The van der Waals surface area contributed by atoms with Gasteiger partial charge in [0.15, 0.2) is 0 Å². The Kier molecular flexibility index (Phi) is 6.01. The van der Waals surface area contributed by atoms with Crippen LogP contribution >= 0.6 is 11.3 Å². The molecule has 2 aromatic rings. The van der Waals surface area contributed by atoms with Gasteiger partial charge in [-0.05, 0) is 30.2 Å². The molecule has 0 aliphatic heterocycles. The zero-order valence-electron chi connectivity index (χ0n) is 13.6. The largest absolute Gasteiger partial charge is 0.367 e. The fourth-order valence-corrected chi connectivity index (χ4v) is 4.00. The first kappa shape index (κ1) is 16.7. The second-order valence-electron chi connectivity index (χ2n) is 5.96. The van der Waals surface area contributed by atoms with Crippen molar-refractivity contribution in [2.45, 2.75) is 31.7 Å². The van der Waals surface area contributed by atoms with Crippen LogP contribution in [-0.2, 0) is 0 Å². The van der Waals surface area contributed by atoms with Crippen molar-refractivity contribution in [2.24, 2.45) is 5.92 Å². The molecule has 128 valence electrons. The number of hydrogen-bond donors (Lipinski definition) is 3. The molecule has 6 nitrogen and oxygen atoms in total. The number of carbonyl (C=O) groups excluding carboxylic acids is 1. The fraction of sp³-hybridized carbons (Fsp3) is 0.471. The third-order valence-electron chi connectivity index (χ3n) is 4.29. The van der Waals surface area contributed by atoms with E-state index in [0.717, 1.165) is 0 Å². The highest BCUT2D eigenvalue weighted by Gasteiger charge is 2.28. The number of nitrogens with one attached hydrogen (secondary N) is 3. The quantitative estimate of drug-likeness (QED) is 0.674.